The van der Waals surface area contributed by atoms with Gasteiger partial charge in [0.05, 0.1) is 12.2 Å². The Morgan fingerprint density at radius 3 is 2.32 bits per heavy atom. The van der Waals surface area contributed by atoms with E-state index in [9.17, 15) is 25.8 Å². The molecule has 1 saturated heterocycles. The highest BCUT2D eigenvalue weighted by molar-refractivity contribution is 7.99. The lowest BCUT2D eigenvalue weighted by molar-refractivity contribution is 0.116. The first kappa shape index (κ1) is 27.2. The van der Waals surface area contributed by atoms with Crippen molar-refractivity contribution >= 4 is 26.0 Å². The van der Waals surface area contributed by atoms with Crippen LogP contribution in [0.4, 0.5) is 23.2 Å². The normalized spacial score (nSPS) is 16.3. The lowest BCUT2D eigenvalue weighted by atomic mass is 10.1. The Morgan fingerprint density at radius 2 is 1.76 bits per heavy atom. The van der Waals surface area contributed by atoms with Crippen LogP contribution in [-0.4, -0.2) is 70.1 Å². The van der Waals surface area contributed by atoms with E-state index in [4.69, 9.17) is 4.42 Å². The smallest absolute Gasteiger partial charge is 0.314 e. The van der Waals surface area contributed by atoms with Crippen molar-refractivity contribution < 1.29 is 34.6 Å². The zero-order valence-electron chi connectivity index (χ0n) is 19.9. The molecule has 2 heterocycles. The Morgan fingerprint density at radius 1 is 1.05 bits per heavy atom. The van der Waals surface area contributed by atoms with Crippen molar-refractivity contribution in [1.82, 2.24) is 18.8 Å². The second-order valence-electron chi connectivity index (χ2n) is 8.69. The molecular weight excluding hydrogens is 538 g/mol. The second kappa shape index (κ2) is 10.5. The maximum atomic E-state index is 15.1. The number of alkyl halides is 2. The highest BCUT2D eigenvalue weighted by atomic mass is 32.3. The quantitative estimate of drug-likeness (QED) is 0.334. The Bertz CT molecular complexity index is 1420. The van der Waals surface area contributed by atoms with Crippen LogP contribution < -0.4 is 4.31 Å². The number of benzene rings is 2. The molecule has 0 atom stereocenters. The van der Waals surface area contributed by atoms with Gasteiger partial charge in [0.1, 0.15) is 11.6 Å². The minimum absolute atomic E-state index is 0.0129. The van der Waals surface area contributed by atoms with Gasteiger partial charge in [0.25, 0.3) is 5.89 Å². The predicted octanol–water partition coefficient (Wildman–Crippen LogP) is 3.01. The molecule has 0 bridgehead atoms. The van der Waals surface area contributed by atoms with E-state index in [2.05, 4.69) is 10.2 Å². The lowest BCUT2D eigenvalue weighted by Gasteiger charge is -2.40. The van der Waals surface area contributed by atoms with Crippen molar-refractivity contribution in [3.05, 3.63) is 65.6 Å². The van der Waals surface area contributed by atoms with Crippen LogP contribution in [0.3, 0.4) is 0 Å². The molecule has 2 aromatic carbocycles. The number of thiol groups is 1. The fourth-order valence-corrected chi connectivity index (χ4v) is 6.60. The topological polar surface area (TPSA) is 99.9 Å². The van der Waals surface area contributed by atoms with E-state index in [-0.39, 0.29) is 48.9 Å². The molecule has 0 saturated carbocycles. The zero-order chi connectivity index (χ0) is 27.0. The molecule has 3 aromatic rings. The van der Waals surface area contributed by atoms with Gasteiger partial charge in [-0.1, -0.05) is 22.3 Å². The summed E-state index contributed by atoms with van der Waals surface area (Å²) in [5, 5.41) is 6.68. The van der Waals surface area contributed by atoms with Gasteiger partial charge in [0, 0.05) is 49.8 Å². The lowest BCUT2D eigenvalue weighted by Crippen LogP contribution is -2.55. The van der Waals surface area contributed by atoms with Crippen LogP contribution in [0.15, 0.2) is 46.9 Å². The van der Waals surface area contributed by atoms with Crippen molar-refractivity contribution in [2.45, 2.75) is 13.0 Å². The van der Waals surface area contributed by atoms with E-state index in [1.807, 2.05) is 0 Å². The third-order valence-corrected chi connectivity index (χ3v) is 9.52. The molecule has 15 heteroatoms. The number of piperazine rings is 1. The summed E-state index contributed by atoms with van der Waals surface area (Å²) >= 11 is 0. The van der Waals surface area contributed by atoms with Gasteiger partial charge in [0.2, 0.25) is 5.89 Å². The standard InChI is InChI=1S/C22H25F4N5O4S2/c1-36(2,32)29-8-10-30(11-9-29)37(33,34)31(18-5-3-4-17(23)13-18)14-16-7-6-15(12-19(16)24)21-27-28-22(35-21)20(25)26/h3-7,12-13,20,36H,8-11,14H2,1-2H3. The summed E-state index contributed by atoms with van der Waals surface area (Å²) in [6.45, 7) is 0.0999. The SMILES string of the molecule is C[SH](C)(=O)N1CCN(S(=O)(=O)N(Cc2ccc(-c3nnc(C(F)F)o3)cc2F)c2cccc(F)c2)CC1. The highest BCUT2D eigenvalue weighted by Crippen LogP contribution is 2.29. The van der Waals surface area contributed by atoms with Gasteiger partial charge < -0.3 is 4.42 Å². The number of nitrogens with zero attached hydrogens (tertiary/aromatic N) is 5. The predicted molar refractivity (Wildman–Crippen MR) is 131 cm³/mol. The van der Waals surface area contributed by atoms with E-state index in [1.165, 1.54) is 28.6 Å². The number of aromatic nitrogens is 2. The van der Waals surface area contributed by atoms with E-state index in [0.717, 1.165) is 22.5 Å². The van der Waals surface area contributed by atoms with Crippen LogP contribution in [0.25, 0.3) is 11.5 Å². The molecule has 1 aliphatic heterocycles. The van der Waals surface area contributed by atoms with E-state index in [0.29, 0.717) is 0 Å². The summed E-state index contributed by atoms with van der Waals surface area (Å²) in [5.41, 5.74) is -0.0445. The molecule has 9 nitrogen and oxygen atoms in total. The summed E-state index contributed by atoms with van der Waals surface area (Å²) < 4.78 is 103. The fourth-order valence-electron chi connectivity index (χ4n) is 3.87. The minimum Gasteiger partial charge on any atom is -0.415 e. The van der Waals surface area contributed by atoms with E-state index in [1.54, 1.807) is 16.8 Å². The number of hydrogen-bond acceptors (Lipinski definition) is 6. The van der Waals surface area contributed by atoms with E-state index < -0.39 is 50.8 Å². The molecule has 37 heavy (non-hydrogen) atoms. The maximum Gasteiger partial charge on any atom is 0.314 e. The number of halogens is 4. The molecule has 1 aliphatic rings. The van der Waals surface area contributed by atoms with Gasteiger partial charge in [0.15, 0.2) is 0 Å². The third-order valence-electron chi connectivity index (χ3n) is 5.84. The maximum absolute atomic E-state index is 15.1. The summed E-state index contributed by atoms with van der Waals surface area (Å²) in [6.07, 6.45) is 0.218. The van der Waals surface area contributed by atoms with Crippen molar-refractivity contribution in [1.29, 1.82) is 0 Å². The van der Waals surface area contributed by atoms with Crippen molar-refractivity contribution in [2.24, 2.45) is 0 Å². The minimum atomic E-state index is -4.25. The first-order chi connectivity index (χ1) is 17.4. The van der Waals surface area contributed by atoms with Crippen molar-refractivity contribution in [3.63, 3.8) is 0 Å². The van der Waals surface area contributed by atoms with Crippen LogP contribution in [0.1, 0.15) is 17.9 Å². The molecule has 202 valence electrons. The van der Waals surface area contributed by atoms with Gasteiger partial charge in [-0.2, -0.15) is 21.5 Å². The third kappa shape index (κ3) is 6.00. The molecule has 4 rings (SSSR count). The number of hydrogen-bond donors (Lipinski definition) is 1. The van der Waals surface area contributed by atoms with Crippen molar-refractivity contribution in [2.75, 3.05) is 43.0 Å². The number of anilines is 1. The fraction of sp³-hybridized carbons (Fsp3) is 0.364. The molecule has 0 N–H and O–H groups in total. The average molecular weight is 564 g/mol. The summed E-state index contributed by atoms with van der Waals surface area (Å²) in [7, 11) is -6.82. The Labute approximate surface area is 212 Å². The Hall–Kier alpha value is -2.88. The molecule has 0 aliphatic carbocycles. The van der Waals surface area contributed by atoms with Crippen molar-refractivity contribution in [3.8, 4) is 11.5 Å². The first-order valence-corrected chi connectivity index (χ1v) is 15.1. The largest absolute Gasteiger partial charge is 0.415 e. The van der Waals surface area contributed by atoms with Gasteiger partial charge in [-0.3, -0.25) is 8.51 Å². The average Bonchev–Trinajstić information content (AvgIpc) is 3.33. The second-order valence-corrected chi connectivity index (χ2v) is 13.7. The molecule has 1 fully saturated rings. The van der Waals surface area contributed by atoms with E-state index >= 15 is 4.39 Å². The zero-order valence-corrected chi connectivity index (χ0v) is 21.6. The van der Waals surface area contributed by atoms with Crippen LogP contribution in [-0.2, 0) is 26.9 Å². The van der Waals surface area contributed by atoms with Crippen LogP contribution in [0, 0.1) is 11.6 Å². The monoisotopic (exact) mass is 563 g/mol. The van der Waals surface area contributed by atoms with Crippen LogP contribution in [0.5, 0.6) is 0 Å². The molecule has 1 aromatic heterocycles. The van der Waals surface area contributed by atoms with Crippen LogP contribution in [0.2, 0.25) is 0 Å². The molecule has 0 spiro atoms. The Balaban J connectivity index is 1.64. The Kier molecular flexibility index (Phi) is 7.69. The molecule has 0 radical (unpaired) electrons. The van der Waals surface area contributed by atoms with Gasteiger partial charge >= 0.3 is 16.6 Å². The van der Waals surface area contributed by atoms with Gasteiger partial charge in [-0.25, -0.2) is 13.1 Å². The summed E-state index contributed by atoms with van der Waals surface area (Å²) in [6, 6.07) is 8.47. The molecule has 0 unspecified atom stereocenters. The molecular formula is C22H25F4N5O4S2. The summed E-state index contributed by atoms with van der Waals surface area (Å²) in [4.78, 5) is 0. The number of rotatable bonds is 8. The van der Waals surface area contributed by atoms with Gasteiger partial charge in [-0.15, -0.1) is 10.2 Å². The summed E-state index contributed by atoms with van der Waals surface area (Å²) in [5.74, 6) is -2.76. The van der Waals surface area contributed by atoms with Crippen LogP contribution >= 0.6 is 0 Å². The highest BCUT2D eigenvalue weighted by Gasteiger charge is 2.35. The van der Waals surface area contributed by atoms with Gasteiger partial charge in [-0.05, 0) is 30.3 Å². The molecule has 0 amide bonds. The first-order valence-electron chi connectivity index (χ1n) is 11.1.